The van der Waals surface area contributed by atoms with Crippen LogP contribution in [0, 0.1) is 0 Å². The molecule has 1 heterocycles. The van der Waals surface area contributed by atoms with E-state index in [4.69, 9.17) is 23.2 Å². The van der Waals surface area contributed by atoms with E-state index in [0.29, 0.717) is 21.2 Å². The highest BCUT2D eigenvalue weighted by molar-refractivity contribution is 9.10. The van der Waals surface area contributed by atoms with E-state index in [-0.39, 0.29) is 5.78 Å². The van der Waals surface area contributed by atoms with Crippen LogP contribution >= 0.6 is 50.5 Å². The normalized spacial score (nSPS) is 10.9. The maximum Gasteiger partial charge on any atom is 0.194 e. The first-order valence-electron chi connectivity index (χ1n) is 5.73. The van der Waals surface area contributed by atoms with Crippen molar-refractivity contribution in [3.63, 3.8) is 0 Å². The van der Waals surface area contributed by atoms with Crippen LogP contribution in [0.5, 0.6) is 0 Å². The molecular weight excluding hydrogens is 379 g/mol. The van der Waals surface area contributed by atoms with Gasteiger partial charge in [0.2, 0.25) is 0 Å². The summed E-state index contributed by atoms with van der Waals surface area (Å²) in [6.45, 7) is 0. The number of fused-ring (bicyclic) bond motifs is 1. The van der Waals surface area contributed by atoms with Crippen LogP contribution in [0.25, 0.3) is 10.1 Å². The van der Waals surface area contributed by atoms with Crippen LogP contribution in [0.2, 0.25) is 10.0 Å². The SMILES string of the molecule is O=C(c1ccc(Cl)c(Cl)c1)c1csc2c(Br)cccc12. The van der Waals surface area contributed by atoms with Gasteiger partial charge in [0, 0.05) is 31.1 Å². The topological polar surface area (TPSA) is 17.1 Å². The molecule has 3 rings (SSSR count). The van der Waals surface area contributed by atoms with Crippen molar-refractivity contribution in [2.45, 2.75) is 0 Å². The molecule has 100 valence electrons. The first-order chi connectivity index (χ1) is 9.58. The molecule has 0 aliphatic heterocycles. The van der Waals surface area contributed by atoms with Crippen molar-refractivity contribution >= 4 is 66.3 Å². The van der Waals surface area contributed by atoms with E-state index < -0.39 is 0 Å². The number of halogens is 3. The molecule has 3 aromatic rings. The Hall–Kier alpha value is -0.870. The second-order valence-corrected chi connectivity index (χ2v) is 6.77. The summed E-state index contributed by atoms with van der Waals surface area (Å²) in [4.78, 5) is 12.6. The van der Waals surface area contributed by atoms with E-state index in [1.807, 2.05) is 23.6 Å². The molecule has 0 unspecified atom stereocenters. The minimum atomic E-state index is -0.0482. The molecule has 0 radical (unpaired) electrons. The molecule has 0 aliphatic rings. The van der Waals surface area contributed by atoms with Gasteiger partial charge in [0.25, 0.3) is 0 Å². The Morgan fingerprint density at radius 1 is 1.10 bits per heavy atom. The minimum absolute atomic E-state index is 0.0482. The van der Waals surface area contributed by atoms with Gasteiger partial charge in [-0.1, -0.05) is 35.3 Å². The number of benzene rings is 2. The number of carbonyl (C=O) groups excluding carboxylic acids is 1. The molecule has 2 aromatic carbocycles. The van der Waals surface area contributed by atoms with Gasteiger partial charge in [-0.2, -0.15) is 0 Å². The highest BCUT2D eigenvalue weighted by atomic mass is 79.9. The fourth-order valence-corrected chi connectivity index (χ4v) is 3.89. The summed E-state index contributed by atoms with van der Waals surface area (Å²) in [5, 5.41) is 3.65. The molecule has 20 heavy (non-hydrogen) atoms. The van der Waals surface area contributed by atoms with Gasteiger partial charge in [-0.3, -0.25) is 4.79 Å². The van der Waals surface area contributed by atoms with Crippen molar-refractivity contribution in [2.75, 3.05) is 0 Å². The van der Waals surface area contributed by atoms with Gasteiger partial charge in [0.15, 0.2) is 5.78 Å². The van der Waals surface area contributed by atoms with Crippen molar-refractivity contribution in [2.24, 2.45) is 0 Å². The Labute approximate surface area is 138 Å². The lowest BCUT2D eigenvalue weighted by molar-refractivity contribution is 0.104. The van der Waals surface area contributed by atoms with E-state index in [9.17, 15) is 4.79 Å². The Morgan fingerprint density at radius 3 is 2.65 bits per heavy atom. The molecule has 5 heteroatoms. The molecule has 0 atom stereocenters. The highest BCUT2D eigenvalue weighted by Gasteiger charge is 2.16. The van der Waals surface area contributed by atoms with E-state index in [1.165, 1.54) is 0 Å². The third kappa shape index (κ3) is 2.40. The Bertz CT molecular complexity index is 826. The molecule has 0 saturated heterocycles. The van der Waals surface area contributed by atoms with Gasteiger partial charge in [0.1, 0.15) is 0 Å². The number of carbonyl (C=O) groups is 1. The standard InChI is InChI=1S/C15H7BrCl2OS/c16-11-3-1-2-9-10(7-20-15(9)11)14(19)8-4-5-12(17)13(18)6-8/h1-7H. The van der Waals surface area contributed by atoms with Crippen molar-refractivity contribution < 1.29 is 4.79 Å². The van der Waals surface area contributed by atoms with Gasteiger partial charge in [-0.25, -0.2) is 0 Å². The third-order valence-corrected chi connectivity index (χ3v) is 5.67. The summed E-state index contributed by atoms with van der Waals surface area (Å²) in [7, 11) is 0. The fraction of sp³-hybridized carbons (Fsp3) is 0. The zero-order chi connectivity index (χ0) is 14.3. The Kier molecular flexibility index (Phi) is 3.87. The van der Waals surface area contributed by atoms with Gasteiger partial charge in [-0.05, 0) is 40.2 Å². The number of thiophene rings is 1. The predicted molar refractivity (Wildman–Crippen MR) is 89.4 cm³/mol. The van der Waals surface area contributed by atoms with Gasteiger partial charge >= 0.3 is 0 Å². The second-order valence-electron chi connectivity index (χ2n) is 4.22. The fourth-order valence-electron chi connectivity index (χ4n) is 1.99. The molecule has 0 N–H and O–H groups in total. The molecule has 0 amide bonds. The summed E-state index contributed by atoms with van der Waals surface area (Å²) in [6, 6.07) is 10.8. The molecule has 0 saturated carbocycles. The number of rotatable bonds is 2. The van der Waals surface area contributed by atoms with Crippen LogP contribution in [-0.2, 0) is 0 Å². The summed E-state index contributed by atoms with van der Waals surface area (Å²) in [5.41, 5.74) is 1.23. The predicted octanol–water partition coefficient (Wildman–Crippen LogP) is 6.20. The molecule has 0 bridgehead atoms. The first kappa shape index (κ1) is 14.1. The van der Waals surface area contributed by atoms with Crippen LogP contribution in [0.15, 0.2) is 46.3 Å². The molecular formula is C15H7BrCl2OS. The number of ketones is 1. The van der Waals surface area contributed by atoms with Crippen molar-refractivity contribution in [1.29, 1.82) is 0 Å². The maximum absolute atomic E-state index is 12.6. The van der Waals surface area contributed by atoms with Gasteiger partial charge < -0.3 is 0 Å². The lowest BCUT2D eigenvalue weighted by Gasteiger charge is -2.02. The summed E-state index contributed by atoms with van der Waals surface area (Å²) in [5.74, 6) is -0.0482. The molecule has 0 fully saturated rings. The smallest absolute Gasteiger partial charge is 0.194 e. The monoisotopic (exact) mass is 384 g/mol. The highest BCUT2D eigenvalue weighted by Crippen LogP contribution is 2.34. The minimum Gasteiger partial charge on any atom is -0.289 e. The van der Waals surface area contributed by atoms with E-state index in [0.717, 1.165) is 14.6 Å². The summed E-state index contributed by atoms with van der Waals surface area (Å²) >= 11 is 16.9. The average Bonchev–Trinajstić information content (AvgIpc) is 2.86. The lowest BCUT2D eigenvalue weighted by Crippen LogP contribution is -2.00. The Balaban J connectivity index is 2.13. The average molecular weight is 386 g/mol. The van der Waals surface area contributed by atoms with Crippen LogP contribution in [0.4, 0.5) is 0 Å². The number of hydrogen-bond donors (Lipinski definition) is 0. The van der Waals surface area contributed by atoms with Crippen LogP contribution < -0.4 is 0 Å². The van der Waals surface area contributed by atoms with E-state index in [1.54, 1.807) is 29.5 Å². The van der Waals surface area contributed by atoms with Crippen molar-refractivity contribution in [1.82, 2.24) is 0 Å². The molecule has 0 spiro atoms. The molecule has 1 nitrogen and oxygen atoms in total. The Morgan fingerprint density at radius 2 is 1.90 bits per heavy atom. The van der Waals surface area contributed by atoms with E-state index in [2.05, 4.69) is 15.9 Å². The van der Waals surface area contributed by atoms with Gasteiger partial charge in [-0.15, -0.1) is 11.3 Å². The van der Waals surface area contributed by atoms with Crippen LogP contribution in [-0.4, -0.2) is 5.78 Å². The first-order valence-corrected chi connectivity index (χ1v) is 8.16. The van der Waals surface area contributed by atoms with Crippen molar-refractivity contribution in [3.8, 4) is 0 Å². The third-order valence-electron chi connectivity index (χ3n) is 2.98. The number of hydrogen-bond acceptors (Lipinski definition) is 2. The molecule has 0 aliphatic carbocycles. The zero-order valence-corrected chi connectivity index (χ0v) is 13.9. The van der Waals surface area contributed by atoms with E-state index >= 15 is 0 Å². The maximum atomic E-state index is 12.6. The second kappa shape index (κ2) is 5.49. The zero-order valence-electron chi connectivity index (χ0n) is 9.99. The van der Waals surface area contributed by atoms with Crippen LogP contribution in [0.3, 0.4) is 0 Å². The summed E-state index contributed by atoms with van der Waals surface area (Å²) < 4.78 is 2.06. The van der Waals surface area contributed by atoms with Gasteiger partial charge in [0.05, 0.1) is 10.0 Å². The lowest BCUT2D eigenvalue weighted by atomic mass is 10.0. The van der Waals surface area contributed by atoms with Crippen molar-refractivity contribution in [3.05, 3.63) is 67.4 Å². The summed E-state index contributed by atoms with van der Waals surface area (Å²) in [6.07, 6.45) is 0. The largest absolute Gasteiger partial charge is 0.289 e. The molecule has 1 aromatic heterocycles. The quantitative estimate of drug-likeness (QED) is 0.480. The van der Waals surface area contributed by atoms with Crippen LogP contribution in [0.1, 0.15) is 15.9 Å².